The van der Waals surface area contributed by atoms with Crippen LogP contribution < -0.4 is 4.72 Å². The minimum atomic E-state index is -5.14. The zero-order valence-corrected chi connectivity index (χ0v) is 17.6. The average Bonchev–Trinajstić information content (AvgIpc) is 3.51. The highest BCUT2D eigenvalue weighted by atomic mass is 32.2. The van der Waals surface area contributed by atoms with E-state index in [1.165, 1.54) is 0 Å². The number of benzene rings is 2. The van der Waals surface area contributed by atoms with Crippen LogP contribution in [0.25, 0.3) is 0 Å². The lowest BCUT2D eigenvalue weighted by atomic mass is 9.97. The highest BCUT2D eigenvalue weighted by Crippen LogP contribution is 2.43. The van der Waals surface area contributed by atoms with Gasteiger partial charge in [0.1, 0.15) is 0 Å². The molecule has 0 radical (unpaired) electrons. The van der Waals surface area contributed by atoms with Crippen molar-refractivity contribution in [1.29, 1.82) is 0 Å². The van der Waals surface area contributed by atoms with Crippen LogP contribution in [-0.2, 0) is 35.2 Å². The number of anilines is 1. The van der Waals surface area contributed by atoms with Crippen molar-refractivity contribution >= 4 is 15.7 Å². The molecule has 1 N–H and O–H groups in total. The van der Waals surface area contributed by atoms with Crippen LogP contribution in [-0.4, -0.2) is 8.42 Å². The van der Waals surface area contributed by atoms with E-state index in [0.717, 1.165) is 18.4 Å². The number of rotatable bonds is 6. The minimum absolute atomic E-state index is 0.0988. The van der Waals surface area contributed by atoms with Crippen molar-refractivity contribution in [2.75, 3.05) is 4.72 Å². The minimum Gasteiger partial charge on any atom is -0.279 e. The molecule has 0 heterocycles. The van der Waals surface area contributed by atoms with Gasteiger partial charge in [-0.25, -0.2) is 8.42 Å². The SMILES string of the molecule is CCc1cc(C2CC2)cc(CC)c1NS(=O)(=O)c1cc(C(F)(F)F)cc(C(F)(F)F)c1. The zero-order chi connectivity index (χ0) is 23.2. The van der Waals surface area contributed by atoms with E-state index < -0.39 is 38.4 Å². The van der Waals surface area contributed by atoms with Gasteiger partial charge in [-0.15, -0.1) is 0 Å². The summed E-state index contributed by atoms with van der Waals surface area (Å²) in [4.78, 5) is -1.09. The number of nitrogens with one attached hydrogen (secondary N) is 1. The van der Waals surface area contributed by atoms with E-state index in [2.05, 4.69) is 4.72 Å². The largest absolute Gasteiger partial charge is 0.416 e. The second kappa shape index (κ2) is 8.03. The molecule has 1 fully saturated rings. The summed E-state index contributed by atoms with van der Waals surface area (Å²) in [6.07, 6.45) is -7.32. The van der Waals surface area contributed by atoms with Crippen LogP contribution in [0.1, 0.15) is 60.4 Å². The van der Waals surface area contributed by atoms with E-state index in [0.29, 0.717) is 29.9 Å². The maximum absolute atomic E-state index is 13.1. The van der Waals surface area contributed by atoms with Crippen molar-refractivity contribution in [1.82, 2.24) is 0 Å². The molecule has 1 aliphatic rings. The Bertz CT molecular complexity index is 1030. The van der Waals surface area contributed by atoms with Crippen LogP contribution in [0.2, 0.25) is 0 Å². The molecule has 1 saturated carbocycles. The molecule has 0 saturated heterocycles. The molecule has 2 aromatic carbocycles. The highest BCUT2D eigenvalue weighted by Gasteiger charge is 2.38. The topological polar surface area (TPSA) is 46.2 Å². The number of halogens is 6. The zero-order valence-electron chi connectivity index (χ0n) is 16.8. The van der Waals surface area contributed by atoms with Crippen molar-refractivity contribution in [3.05, 3.63) is 58.1 Å². The molecule has 0 unspecified atom stereocenters. The van der Waals surface area contributed by atoms with Crippen molar-refractivity contribution in [2.45, 2.75) is 62.7 Å². The molecule has 3 rings (SSSR count). The van der Waals surface area contributed by atoms with E-state index in [1.54, 1.807) is 13.8 Å². The number of hydrogen-bond acceptors (Lipinski definition) is 2. The Labute approximate surface area is 176 Å². The average molecular weight is 465 g/mol. The van der Waals surface area contributed by atoms with Crippen LogP contribution in [0.15, 0.2) is 35.2 Å². The van der Waals surface area contributed by atoms with Gasteiger partial charge < -0.3 is 0 Å². The van der Waals surface area contributed by atoms with Gasteiger partial charge in [0.25, 0.3) is 10.0 Å². The van der Waals surface area contributed by atoms with E-state index in [1.807, 2.05) is 12.1 Å². The molecule has 3 nitrogen and oxygen atoms in total. The third-order valence-electron chi connectivity index (χ3n) is 5.24. The van der Waals surface area contributed by atoms with E-state index in [9.17, 15) is 34.8 Å². The summed E-state index contributed by atoms with van der Waals surface area (Å²) in [7, 11) is -4.71. The van der Waals surface area contributed by atoms with Crippen molar-refractivity contribution in [3.63, 3.8) is 0 Å². The third-order valence-corrected chi connectivity index (χ3v) is 6.57. The van der Waals surface area contributed by atoms with Crippen molar-refractivity contribution < 1.29 is 34.8 Å². The lowest BCUT2D eigenvalue weighted by Gasteiger charge is -2.19. The van der Waals surface area contributed by atoms with Gasteiger partial charge in [-0.2, -0.15) is 26.3 Å². The molecule has 0 atom stereocenters. The van der Waals surface area contributed by atoms with Crippen molar-refractivity contribution in [3.8, 4) is 0 Å². The van der Waals surface area contributed by atoms with Gasteiger partial charge in [-0.3, -0.25) is 4.72 Å². The first-order chi connectivity index (χ1) is 14.3. The molecule has 1 aliphatic carbocycles. The molecule has 0 aromatic heterocycles. The quantitative estimate of drug-likeness (QED) is 0.493. The van der Waals surface area contributed by atoms with Crippen LogP contribution in [0.3, 0.4) is 0 Å². The molecule has 2 aromatic rings. The van der Waals surface area contributed by atoms with Crippen LogP contribution in [0.4, 0.5) is 32.0 Å². The molecule has 170 valence electrons. The fourth-order valence-corrected chi connectivity index (χ4v) is 4.62. The predicted molar refractivity (Wildman–Crippen MR) is 104 cm³/mol. The van der Waals surface area contributed by atoms with E-state index in [4.69, 9.17) is 0 Å². The second-order valence-corrected chi connectivity index (χ2v) is 9.23. The molecule has 0 aliphatic heterocycles. The predicted octanol–water partition coefficient (Wildman–Crippen LogP) is 6.53. The van der Waals surface area contributed by atoms with Gasteiger partial charge in [0.15, 0.2) is 0 Å². The fourth-order valence-electron chi connectivity index (χ4n) is 3.41. The maximum atomic E-state index is 13.1. The molecule has 10 heteroatoms. The van der Waals surface area contributed by atoms with E-state index >= 15 is 0 Å². The Hall–Kier alpha value is -2.23. The van der Waals surface area contributed by atoms with Gasteiger partial charge in [-0.05, 0) is 66.5 Å². The Morgan fingerprint density at radius 3 is 1.65 bits per heavy atom. The van der Waals surface area contributed by atoms with Gasteiger partial charge in [0.2, 0.25) is 0 Å². The monoisotopic (exact) mass is 465 g/mol. The fraction of sp³-hybridized carbons (Fsp3) is 0.429. The summed E-state index contributed by atoms with van der Waals surface area (Å²) in [6.45, 7) is 3.60. The first-order valence-electron chi connectivity index (χ1n) is 9.74. The van der Waals surface area contributed by atoms with Gasteiger partial charge in [0.05, 0.1) is 21.7 Å². The first-order valence-corrected chi connectivity index (χ1v) is 11.2. The Morgan fingerprint density at radius 1 is 0.839 bits per heavy atom. The Kier molecular flexibility index (Phi) is 6.07. The Morgan fingerprint density at radius 2 is 1.29 bits per heavy atom. The molecular formula is C21H21F6NO2S. The molecule has 0 amide bonds. The van der Waals surface area contributed by atoms with Crippen LogP contribution in [0, 0.1) is 0 Å². The first kappa shape index (κ1) is 23.4. The lowest BCUT2D eigenvalue weighted by molar-refractivity contribution is -0.143. The summed E-state index contributed by atoms with van der Waals surface area (Å²) >= 11 is 0. The summed E-state index contributed by atoms with van der Waals surface area (Å²) in [5, 5.41) is 0. The van der Waals surface area contributed by atoms with Gasteiger partial charge >= 0.3 is 12.4 Å². The summed E-state index contributed by atoms with van der Waals surface area (Å²) in [5.41, 5.74) is -0.799. The summed E-state index contributed by atoms with van der Waals surface area (Å²) in [6, 6.07) is 4.03. The lowest BCUT2D eigenvalue weighted by Crippen LogP contribution is -2.19. The normalized spacial score (nSPS) is 15.2. The molecular weight excluding hydrogens is 444 g/mol. The smallest absolute Gasteiger partial charge is 0.279 e. The number of alkyl halides is 6. The van der Waals surface area contributed by atoms with E-state index in [-0.39, 0.29) is 23.9 Å². The molecule has 0 spiro atoms. The Balaban J connectivity index is 2.11. The maximum Gasteiger partial charge on any atom is 0.416 e. The van der Waals surface area contributed by atoms with Gasteiger partial charge in [0, 0.05) is 0 Å². The summed E-state index contributed by atoms with van der Waals surface area (Å²) < 4.78 is 107. The number of hydrogen-bond donors (Lipinski definition) is 1. The summed E-state index contributed by atoms with van der Waals surface area (Å²) in [5.74, 6) is 0.402. The number of sulfonamides is 1. The van der Waals surface area contributed by atoms with Crippen LogP contribution >= 0.6 is 0 Å². The molecule has 0 bridgehead atoms. The van der Waals surface area contributed by atoms with Gasteiger partial charge in [-0.1, -0.05) is 26.0 Å². The highest BCUT2D eigenvalue weighted by molar-refractivity contribution is 7.92. The third kappa shape index (κ3) is 5.16. The number of aryl methyl sites for hydroxylation is 2. The standard InChI is InChI=1S/C21H21F6NO2S/c1-3-12-7-15(14-5-6-14)8-13(4-2)19(12)28-31(29,30)18-10-16(20(22,23)24)9-17(11-18)21(25,26)27/h7-11,14,28H,3-6H2,1-2H3. The molecule has 31 heavy (non-hydrogen) atoms. The second-order valence-electron chi connectivity index (χ2n) is 7.54. The van der Waals surface area contributed by atoms with Crippen molar-refractivity contribution in [2.24, 2.45) is 0 Å². The van der Waals surface area contributed by atoms with Crippen LogP contribution in [0.5, 0.6) is 0 Å².